The molecule has 0 aliphatic carbocycles. The molecule has 146 valence electrons. The molecule has 1 aromatic rings. The molecule has 0 bridgehead atoms. The average molecular weight is 494 g/mol. The minimum absolute atomic E-state index is 0. The Kier molecular flexibility index (Phi) is 8.44. The largest absolute Gasteiger partial charge is 0.391 e. The van der Waals surface area contributed by atoms with E-state index in [0.29, 0.717) is 13.1 Å². The van der Waals surface area contributed by atoms with Gasteiger partial charge in [0, 0.05) is 43.3 Å². The number of guanidine groups is 1. The Morgan fingerprint density at radius 1 is 1.38 bits per heavy atom. The van der Waals surface area contributed by atoms with Crippen molar-refractivity contribution in [2.45, 2.75) is 37.7 Å². The van der Waals surface area contributed by atoms with Gasteiger partial charge in [0.15, 0.2) is 5.96 Å². The summed E-state index contributed by atoms with van der Waals surface area (Å²) in [6, 6.07) is 8.09. The summed E-state index contributed by atoms with van der Waals surface area (Å²) in [5.74, 6) is 0.886. The van der Waals surface area contributed by atoms with Gasteiger partial charge in [0.05, 0.1) is 12.6 Å². The Balaban J connectivity index is 0.00000243. The highest BCUT2D eigenvalue weighted by atomic mass is 127. The van der Waals surface area contributed by atoms with Crippen LogP contribution in [-0.2, 0) is 10.2 Å². The first kappa shape index (κ1) is 21.7. The second-order valence-electron chi connectivity index (χ2n) is 6.93. The lowest BCUT2D eigenvalue weighted by molar-refractivity contribution is 0.0530. The van der Waals surface area contributed by atoms with Gasteiger partial charge < -0.3 is 20.1 Å². The number of benzene rings is 1. The Morgan fingerprint density at radius 2 is 2.12 bits per heavy atom. The number of aliphatic imine (C=N–C) groups is 1. The van der Waals surface area contributed by atoms with Crippen molar-refractivity contribution in [1.29, 1.82) is 0 Å². The van der Waals surface area contributed by atoms with Crippen LogP contribution in [0.25, 0.3) is 0 Å². The van der Waals surface area contributed by atoms with Crippen LogP contribution in [0.5, 0.6) is 0 Å². The number of rotatable bonds is 4. The van der Waals surface area contributed by atoms with Crippen molar-refractivity contribution >= 4 is 41.5 Å². The van der Waals surface area contributed by atoms with Gasteiger partial charge in [-0.2, -0.15) is 0 Å². The molecule has 0 saturated carbocycles. The van der Waals surface area contributed by atoms with Crippen molar-refractivity contribution in [2.24, 2.45) is 4.99 Å². The molecule has 0 amide bonds. The van der Waals surface area contributed by atoms with Crippen molar-refractivity contribution in [1.82, 2.24) is 10.2 Å². The standard InChI is InChI=1S/C19H28ClN3O2.HI/c1-2-21-18(23-10-7-15(24)13-23)22-14-19(8-11-25-12-9-19)16-5-3-4-6-17(16)20;/h3-6,15,24H,2,7-14H2,1H3,(H,21,22);1H/t15-;/m1./s1. The molecule has 0 unspecified atom stereocenters. The van der Waals surface area contributed by atoms with Crippen LogP contribution in [-0.4, -0.2) is 61.5 Å². The summed E-state index contributed by atoms with van der Waals surface area (Å²) in [6.45, 7) is 6.52. The van der Waals surface area contributed by atoms with Crippen LogP contribution in [0.4, 0.5) is 0 Å². The fourth-order valence-corrected chi connectivity index (χ4v) is 4.09. The van der Waals surface area contributed by atoms with E-state index in [-0.39, 0.29) is 35.5 Å². The summed E-state index contributed by atoms with van der Waals surface area (Å²) in [6.07, 6.45) is 2.38. The first-order chi connectivity index (χ1) is 12.1. The molecule has 7 heteroatoms. The summed E-state index contributed by atoms with van der Waals surface area (Å²) in [5.41, 5.74) is 1.08. The molecule has 2 fully saturated rings. The number of nitrogens with one attached hydrogen (secondary N) is 1. The fraction of sp³-hybridized carbons (Fsp3) is 0.632. The van der Waals surface area contributed by atoms with E-state index >= 15 is 0 Å². The predicted molar refractivity (Wildman–Crippen MR) is 117 cm³/mol. The van der Waals surface area contributed by atoms with Gasteiger partial charge in [-0.1, -0.05) is 29.8 Å². The monoisotopic (exact) mass is 493 g/mol. The molecule has 2 aliphatic rings. The molecule has 0 radical (unpaired) electrons. The van der Waals surface area contributed by atoms with Gasteiger partial charge >= 0.3 is 0 Å². The van der Waals surface area contributed by atoms with Gasteiger partial charge in [0.1, 0.15) is 0 Å². The third-order valence-electron chi connectivity index (χ3n) is 5.22. The molecule has 0 spiro atoms. The van der Waals surface area contributed by atoms with Crippen molar-refractivity contribution < 1.29 is 9.84 Å². The predicted octanol–water partition coefficient (Wildman–Crippen LogP) is 3.04. The summed E-state index contributed by atoms with van der Waals surface area (Å²) in [7, 11) is 0. The molecular formula is C19H29ClIN3O2. The molecule has 1 atom stereocenters. The summed E-state index contributed by atoms with van der Waals surface area (Å²) in [4.78, 5) is 7.10. The zero-order valence-corrected chi connectivity index (χ0v) is 18.4. The maximum atomic E-state index is 9.84. The maximum absolute atomic E-state index is 9.84. The number of halogens is 2. The molecule has 5 nitrogen and oxygen atoms in total. The lowest BCUT2D eigenvalue weighted by atomic mass is 9.74. The van der Waals surface area contributed by atoms with Crippen LogP contribution in [0, 0.1) is 0 Å². The molecule has 2 aliphatic heterocycles. The number of hydrogen-bond acceptors (Lipinski definition) is 3. The van der Waals surface area contributed by atoms with Crippen molar-refractivity contribution in [3.05, 3.63) is 34.9 Å². The number of ether oxygens (including phenoxy) is 1. The van der Waals surface area contributed by atoms with Crippen LogP contribution in [0.15, 0.2) is 29.3 Å². The van der Waals surface area contributed by atoms with E-state index in [1.165, 1.54) is 5.56 Å². The molecule has 2 N–H and O–H groups in total. The van der Waals surface area contributed by atoms with Gasteiger partial charge in [-0.15, -0.1) is 24.0 Å². The quantitative estimate of drug-likeness (QED) is 0.385. The van der Waals surface area contributed by atoms with Crippen molar-refractivity contribution in [2.75, 3.05) is 39.4 Å². The highest BCUT2D eigenvalue weighted by Crippen LogP contribution is 2.39. The second kappa shape index (κ2) is 10.1. The van der Waals surface area contributed by atoms with E-state index in [9.17, 15) is 5.11 Å². The highest BCUT2D eigenvalue weighted by Gasteiger charge is 2.36. The summed E-state index contributed by atoms with van der Waals surface area (Å²) < 4.78 is 5.60. The van der Waals surface area contributed by atoms with E-state index in [2.05, 4.69) is 23.2 Å². The van der Waals surface area contributed by atoms with Gasteiger partial charge in [-0.05, 0) is 37.8 Å². The SMILES string of the molecule is CCNC(=NCC1(c2ccccc2Cl)CCOCC1)N1CC[C@@H](O)C1.I. The van der Waals surface area contributed by atoms with Gasteiger partial charge in [-0.25, -0.2) is 0 Å². The van der Waals surface area contributed by atoms with Crippen LogP contribution < -0.4 is 5.32 Å². The summed E-state index contributed by atoms with van der Waals surface area (Å²) >= 11 is 6.52. The third kappa shape index (κ3) is 5.03. The Bertz CT molecular complexity index is 608. The van der Waals surface area contributed by atoms with E-state index in [1.807, 2.05) is 18.2 Å². The average Bonchev–Trinajstić information content (AvgIpc) is 3.06. The van der Waals surface area contributed by atoms with Crippen molar-refractivity contribution in [3.8, 4) is 0 Å². The Labute approximate surface area is 178 Å². The minimum atomic E-state index is -0.260. The van der Waals surface area contributed by atoms with E-state index < -0.39 is 0 Å². The first-order valence-corrected chi connectivity index (χ1v) is 9.56. The molecule has 2 saturated heterocycles. The third-order valence-corrected chi connectivity index (χ3v) is 5.55. The van der Waals surface area contributed by atoms with E-state index in [4.69, 9.17) is 21.3 Å². The molecular weight excluding hydrogens is 465 g/mol. The van der Waals surface area contributed by atoms with Gasteiger partial charge in [-0.3, -0.25) is 4.99 Å². The first-order valence-electron chi connectivity index (χ1n) is 9.19. The van der Waals surface area contributed by atoms with Crippen LogP contribution >= 0.6 is 35.6 Å². The van der Waals surface area contributed by atoms with Crippen LogP contribution in [0.1, 0.15) is 31.7 Å². The molecule has 2 heterocycles. The number of hydrogen-bond donors (Lipinski definition) is 2. The minimum Gasteiger partial charge on any atom is -0.391 e. The number of β-amino-alcohol motifs (C(OH)–C–C–N with tert-alkyl or cyclic N) is 1. The Hall–Kier alpha value is -0.570. The number of aliphatic hydroxyl groups is 1. The van der Waals surface area contributed by atoms with Gasteiger partial charge in [0.2, 0.25) is 0 Å². The number of likely N-dealkylation sites (tertiary alicyclic amines) is 1. The fourth-order valence-electron chi connectivity index (χ4n) is 3.75. The normalized spacial score (nSPS) is 22.8. The van der Waals surface area contributed by atoms with E-state index in [0.717, 1.165) is 56.5 Å². The van der Waals surface area contributed by atoms with Crippen molar-refractivity contribution in [3.63, 3.8) is 0 Å². The maximum Gasteiger partial charge on any atom is 0.194 e. The highest BCUT2D eigenvalue weighted by molar-refractivity contribution is 14.0. The zero-order chi connectivity index (χ0) is 17.7. The van der Waals surface area contributed by atoms with Crippen LogP contribution in [0.3, 0.4) is 0 Å². The zero-order valence-electron chi connectivity index (χ0n) is 15.3. The number of nitrogens with zero attached hydrogens (tertiary/aromatic N) is 2. The molecule has 26 heavy (non-hydrogen) atoms. The number of aliphatic hydroxyl groups excluding tert-OH is 1. The topological polar surface area (TPSA) is 57.1 Å². The van der Waals surface area contributed by atoms with Crippen LogP contribution in [0.2, 0.25) is 5.02 Å². The molecule has 1 aromatic carbocycles. The molecule has 3 rings (SSSR count). The van der Waals surface area contributed by atoms with E-state index in [1.54, 1.807) is 0 Å². The lowest BCUT2D eigenvalue weighted by Gasteiger charge is -2.37. The second-order valence-corrected chi connectivity index (χ2v) is 7.34. The molecule has 0 aromatic heterocycles. The Morgan fingerprint density at radius 3 is 2.73 bits per heavy atom. The van der Waals surface area contributed by atoms with Gasteiger partial charge in [0.25, 0.3) is 0 Å². The lowest BCUT2D eigenvalue weighted by Crippen LogP contribution is -2.43. The smallest absolute Gasteiger partial charge is 0.194 e. The summed E-state index contributed by atoms with van der Waals surface area (Å²) in [5, 5.41) is 14.0.